The topological polar surface area (TPSA) is 49.3 Å². The lowest BCUT2D eigenvalue weighted by Crippen LogP contribution is -2.34. The average molecular weight is 286 g/mol. The molecule has 0 aromatic heterocycles. The zero-order valence-electron chi connectivity index (χ0n) is 10.5. The summed E-state index contributed by atoms with van der Waals surface area (Å²) in [5.74, 6) is -0.984. The van der Waals surface area contributed by atoms with Gasteiger partial charge in [-0.2, -0.15) is 0 Å². The van der Waals surface area contributed by atoms with Crippen LogP contribution in [0.25, 0.3) is 0 Å². The van der Waals surface area contributed by atoms with Crippen LogP contribution in [0.5, 0.6) is 5.75 Å². The summed E-state index contributed by atoms with van der Waals surface area (Å²) in [6.07, 6.45) is 4.20. The molecule has 0 aliphatic heterocycles. The first-order chi connectivity index (χ1) is 9.08. The Hall–Kier alpha value is -1.29. The Labute approximate surface area is 116 Å². The molecule has 1 aliphatic rings. The zero-order chi connectivity index (χ0) is 13.8. The number of halogens is 2. The van der Waals surface area contributed by atoms with E-state index in [-0.39, 0.29) is 22.6 Å². The number of aromatic hydroxyl groups is 1. The third-order valence-electron chi connectivity index (χ3n) is 3.54. The van der Waals surface area contributed by atoms with Crippen LogP contribution in [-0.4, -0.2) is 22.9 Å². The molecule has 0 heterocycles. The van der Waals surface area contributed by atoms with E-state index in [1.165, 1.54) is 6.07 Å². The number of alkyl halides is 1. The van der Waals surface area contributed by atoms with Gasteiger partial charge in [0.2, 0.25) is 0 Å². The Balaban J connectivity index is 1.95. The number of amides is 1. The molecule has 2 atom stereocenters. The van der Waals surface area contributed by atoms with Gasteiger partial charge in [-0.3, -0.25) is 4.79 Å². The summed E-state index contributed by atoms with van der Waals surface area (Å²) in [4.78, 5) is 11.9. The summed E-state index contributed by atoms with van der Waals surface area (Å²) < 4.78 is 13.1. The first-order valence-electron chi connectivity index (χ1n) is 6.48. The van der Waals surface area contributed by atoms with Crippen molar-refractivity contribution in [2.75, 3.05) is 6.54 Å². The summed E-state index contributed by atoms with van der Waals surface area (Å²) in [5.41, 5.74) is -0.0399. The van der Waals surface area contributed by atoms with Gasteiger partial charge in [0.1, 0.15) is 11.6 Å². The van der Waals surface area contributed by atoms with Crippen LogP contribution in [0.2, 0.25) is 0 Å². The van der Waals surface area contributed by atoms with Gasteiger partial charge in [0.15, 0.2) is 0 Å². The van der Waals surface area contributed by atoms with Crippen LogP contribution < -0.4 is 5.32 Å². The fourth-order valence-electron chi connectivity index (χ4n) is 2.40. The van der Waals surface area contributed by atoms with Gasteiger partial charge in [-0.15, -0.1) is 11.6 Å². The lowest BCUT2D eigenvalue weighted by molar-refractivity contribution is 0.0941. The van der Waals surface area contributed by atoms with Crippen molar-refractivity contribution >= 4 is 17.5 Å². The van der Waals surface area contributed by atoms with Crippen LogP contribution in [0.3, 0.4) is 0 Å². The van der Waals surface area contributed by atoms with Gasteiger partial charge < -0.3 is 10.4 Å². The molecule has 19 heavy (non-hydrogen) atoms. The van der Waals surface area contributed by atoms with Crippen molar-refractivity contribution in [1.82, 2.24) is 5.32 Å². The summed E-state index contributed by atoms with van der Waals surface area (Å²) in [5, 5.41) is 12.3. The van der Waals surface area contributed by atoms with E-state index >= 15 is 0 Å². The number of hydrogen-bond acceptors (Lipinski definition) is 2. The minimum Gasteiger partial charge on any atom is -0.507 e. The molecule has 1 aromatic rings. The zero-order valence-corrected chi connectivity index (χ0v) is 11.3. The van der Waals surface area contributed by atoms with Crippen LogP contribution in [-0.2, 0) is 0 Å². The van der Waals surface area contributed by atoms with Gasteiger partial charge in [0, 0.05) is 11.9 Å². The molecule has 2 rings (SSSR count). The second kappa shape index (κ2) is 6.24. The van der Waals surface area contributed by atoms with Crippen LogP contribution >= 0.6 is 11.6 Å². The number of phenols is 1. The molecule has 1 aromatic carbocycles. The predicted octanol–water partition coefficient (Wildman–Crippen LogP) is 3.06. The average Bonchev–Trinajstić information content (AvgIpc) is 2.40. The van der Waals surface area contributed by atoms with E-state index in [9.17, 15) is 14.3 Å². The van der Waals surface area contributed by atoms with Gasteiger partial charge in [-0.25, -0.2) is 4.39 Å². The standard InChI is InChI=1S/C14H17ClFNO2/c15-12-4-2-1-3-9(12)8-17-14(19)11-7-10(16)5-6-13(11)18/h5-7,9,12,18H,1-4,8H2,(H,17,19). The van der Waals surface area contributed by atoms with E-state index in [1.807, 2.05) is 0 Å². The molecule has 2 N–H and O–H groups in total. The highest BCUT2D eigenvalue weighted by atomic mass is 35.5. The second-order valence-corrected chi connectivity index (χ2v) is 5.49. The van der Waals surface area contributed by atoms with E-state index < -0.39 is 11.7 Å². The summed E-state index contributed by atoms with van der Waals surface area (Å²) >= 11 is 6.21. The molecule has 1 saturated carbocycles. The molecular weight excluding hydrogens is 269 g/mol. The van der Waals surface area contributed by atoms with Crippen molar-refractivity contribution in [1.29, 1.82) is 0 Å². The Bertz CT molecular complexity index is 467. The van der Waals surface area contributed by atoms with Gasteiger partial charge in [0.05, 0.1) is 5.56 Å². The predicted molar refractivity (Wildman–Crippen MR) is 72.0 cm³/mol. The Morgan fingerprint density at radius 2 is 2.16 bits per heavy atom. The van der Waals surface area contributed by atoms with E-state index in [1.54, 1.807) is 0 Å². The minimum atomic E-state index is -0.546. The van der Waals surface area contributed by atoms with Crippen LogP contribution in [0.1, 0.15) is 36.0 Å². The molecule has 104 valence electrons. The Morgan fingerprint density at radius 1 is 1.42 bits per heavy atom. The molecule has 1 amide bonds. The summed E-state index contributed by atoms with van der Waals surface area (Å²) in [6.45, 7) is 0.461. The van der Waals surface area contributed by atoms with Gasteiger partial charge in [0.25, 0.3) is 5.91 Å². The van der Waals surface area contributed by atoms with Gasteiger partial charge in [-0.05, 0) is 37.0 Å². The number of carbonyl (C=O) groups is 1. The fraction of sp³-hybridized carbons (Fsp3) is 0.500. The first-order valence-corrected chi connectivity index (χ1v) is 6.92. The quantitative estimate of drug-likeness (QED) is 0.839. The van der Waals surface area contributed by atoms with Crippen LogP contribution in [0.15, 0.2) is 18.2 Å². The van der Waals surface area contributed by atoms with Crippen molar-refractivity contribution in [3.05, 3.63) is 29.6 Å². The molecule has 0 radical (unpaired) electrons. The second-order valence-electron chi connectivity index (χ2n) is 4.93. The Morgan fingerprint density at radius 3 is 2.89 bits per heavy atom. The largest absolute Gasteiger partial charge is 0.507 e. The SMILES string of the molecule is O=C(NCC1CCCCC1Cl)c1cc(F)ccc1O. The fourth-order valence-corrected chi connectivity index (χ4v) is 2.77. The Kier molecular flexibility index (Phi) is 4.64. The highest BCUT2D eigenvalue weighted by molar-refractivity contribution is 6.20. The van der Waals surface area contributed by atoms with E-state index in [0.717, 1.165) is 37.8 Å². The minimum absolute atomic E-state index is 0.0399. The molecule has 0 saturated heterocycles. The highest BCUT2D eigenvalue weighted by Crippen LogP contribution is 2.28. The van der Waals surface area contributed by atoms with Crippen molar-refractivity contribution in [3.63, 3.8) is 0 Å². The molecule has 2 unspecified atom stereocenters. The van der Waals surface area contributed by atoms with Crippen molar-refractivity contribution < 1.29 is 14.3 Å². The maximum Gasteiger partial charge on any atom is 0.255 e. The third kappa shape index (κ3) is 3.60. The number of carbonyl (C=O) groups excluding carboxylic acids is 1. The first kappa shape index (κ1) is 14.1. The monoisotopic (exact) mass is 285 g/mol. The van der Waals surface area contributed by atoms with Crippen molar-refractivity contribution in [2.24, 2.45) is 5.92 Å². The molecule has 1 aliphatic carbocycles. The number of benzene rings is 1. The van der Waals surface area contributed by atoms with E-state index in [0.29, 0.717) is 6.54 Å². The maximum atomic E-state index is 13.1. The lowest BCUT2D eigenvalue weighted by atomic mass is 9.88. The molecular formula is C14H17ClFNO2. The third-order valence-corrected chi connectivity index (χ3v) is 4.12. The normalized spacial score (nSPS) is 23.1. The number of hydrogen-bond donors (Lipinski definition) is 2. The summed E-state index contributed by atoms with van der Waals surface area (Å²) in [7, 11) is 0. The van der Waals surface area contributed by atoms with Gasteiger partial charge in [-0.1, -0.05) is 12.8 Å². The number of nitrogens with one attached hydrogen (secondary N) is 1. The van der Waals surface area contributed by atoms with Crippen LogP contribution in [0, 0.1) is 11.7 Å². The van der Waals surface area contributed by atoms with E-state index in [4.69, 9.17) is 11.6 Å². The molecule has 0 spiro atoms. The van der Waals surface area contributed by atoms with E-state index in [2.05, 4.69) is 5.32 Å². The molecule has 5 heteroatoms. The number of rotatable bonds is 3. The van der Waals surface area contributed by atoms with Crippen LogP contribution in [0.4, 0.5) is 4.39 Å². The maximum absolute atomic E-state index is 13.1. The molecule has 1 fully saturated rings. The lowest BCUT2D eigenvalue weighted by Gasteiger charge is -2.27. The summed E-state index contributed by atoms with van der Waals surface area (Å²) in [6, 6.07) is 3.32. The van der Waals surface area contributed by atoms with Gasteiger partial charge >= 0.3 is 0 Å². The molecule has 0 bridgehead atoms. The molecule has 3 nitrogen and oxygen atoms in total. The highest BCUT2D eigenvalue weighted by Gasteiger charge is 2.24. The van der Waals surface area contributed by atoms with Crippen molar-refractivity contribution in [3.8, 4) is 5.75 Å². The smallest absolute Gasteiger partial charge is 0.255 e. The van der Waals surface area contributed by atoms with Crippen molar-refractivity contribution in [2.45, 2.75) is 31.1 Å². The number of phenolic OH excluding ortho intramolecular Hbond substituents is 1.